The van der Waals surface area contributed by atoms with Gasteiger partial charge < -0.3 is 5.32 Å². The third-order valence-electron chi connectivity index (χ3n) is 3.75. The quantitative estimate of drug-likeness (QED) is 0.762. The van der Waals surface area contributed by atoms with Gasteiger partial charge in [-0.15, -0.1) is 11.3 Å². The highest BCUT2D eigenvalue weighted by Gasteiger charge is 2.40. The van der Waals surface area contributed by atoms with Crippen molar-refractivity contribution in [2.75, 3.05) is 11.9 Å². The Hall–Kier alpha value is -0.830. The molecule has 1 aromatic heterocycles. The minimum Gasteiger partial charge on any atom is -0.325 e. The second-order valence-electron chi connectivity index (χ2n) is 5.48. The van der Waals surface area contributed by atoms with E-state index in [-0.39, 0.29) is 10.8 Å². The molecular formula is C15H13Cl3N2O3S2. The molecule has 1 amide bonds. The van der Waals surface area contributed by atoms with E-state index in [1.165, 1.54) is 16.4 Å². The maximum Gasteiger partial charge on any atom is 0.253 e. The average Bonchev–Trinajstić information content (AvgIpc) is 3.15. The molecule has 1 N–H and O–H groups in total. The second kappa shape index (κ2) is 7.42. The molecular weight excluding hydrogens is 427 g/mol. The van der Waals surface area contributed by atoms with E-state index in [9.17, 15) is 13.2 Å². The van der Waals surface area contributed by atoms with Crippen LogP contribution < -0.4 is 5.32 Å². The average molecular weight is 440 g/mol. The lowest BCUT2D eigenvalue weighted by Gasteiger charge is -2.22. The van der Waals surface area contributed by atoms with Crippen molar-refractivity contribution >= 4 is 67.8 Å². The highest BCUT2D eigenvalue weighted by molar-refractivity contribution is 7.91. The van der Waals surface area contributed by atoms with Crippen molar-refractivity contribution in [3.8, 4) is 0 Å². The summed E-state index contributed by atoms with van der Waals surface area (Å²) in [5.74, 6) is -0.415. The van der Waals surface area contributed by atoms with Crippen molar-refractivity contribution in [3.05, 3.63) is 44.7 Å². The van der Waals surface area contributed by atoms with Crippen LogP contribution in [-0.4, -0.2) is 31.2 Å². The molecule has 2 heterocycles. The number of hydrogen-bond donors (Lipinski definition) is 1. The Labute approximate surface area is 164 Å². The summed E-state index contributed by atoms with van der Waals surface area (Å²) in [6.07, 6.45) is 1.05. The van der Waals surface area contributed by atoms with Gasteiger partial charge in [-0.25, -0.2) is 8.42 Å². The molecule has 2 aromatic rings. The number of rotatable bonds is 4. The number of nitrogens with zero attached hydrogens (tertiary/aromatic N) is 1. The van der Waals surface area contributed by atoms with Crippen molar-refractivity contribution in [2.24, 2.45) is 0 Å². The van der Waals surface area contributed by atoms with E-state index in [1.807, 2.05) is 0 Å². The van der Waals surface area contributed by atoms with Crippen molar-refractivity contribution < 1.29 is 13.2 Å². The number of carbonyl (C=O) groups excluding carboxylic acids is 1. The van der Waals surface area contributed by atoms with Gasteiger partial charge in [0.2, 0.25) is 5.91 Å². The first kappa shape index (κ1) is 18.9. The molecule has 1 aliphatic rings. The number of anilines is 1. The Bertz CT molecular complexity index is 894. The molecule has 0 aliphatic carbocycles. The van der Waals surface area contributed by atoms with E-state index in [0.29, 0.717) is 32.9 Å². The highest BCUT2D eigenvalue weighted by atomic mass is 35.5. The van der Waals surface area contributed by atoms with Gasteiger partial charge in [0.05, 0.1) is 4.34 Å². The second-order valence-corrected chi connectivity index (χ2v) is 10.2. The Kier molecular flexibility index (Phi) is 5.63. The van der Waals surface area contributed by atoms with Crippen LogP contribution in [0.5, 0.6) is 0 Å². The minimum atomic E-state index is -3.77. The smallest absolute Gasteiger partial charge is 0.253 e. The molecule has 25 heavy (non-hydrogen) atoms. The monoisotopic (exact) mass is 438 g/mol. The summed E-state index contributed by atoms with van der Waals surface area (Å²) in [6.45, 7) is 0.284. The summed E-state index contributed by atoms with van der Waals surface area (Å²) in [4.78, 5) is 12.6. The van der Waals surface area contributed by atoms with Crippen molar-refractivity contribution in [1.82, 2.24) is 4.31 Å². The Morgan fingerprint density at radius 3 is 2.44 bits per heavy atom. The van der Waals surface area contributed by atoms with E-state index >= 15 is 0 Å². The van der Waals surface area contributed by atoms with Crippen LogP contribution in [0.25, 0.3) is 0 Å². The van der Waals surface area contributed by atoms with Crippen LogP contribution in [0, 0.1) is 0 Å². The number of nitrogens with one attached hydrogen (secondary N) is 1. The zero-order valence-electron chi connectivity index (χ0n) is 12.7. The molecule has 134 valence electrons. The van der Waals surface area contributed by atoms with Gasteiger partial charge in [0.15, 0.2) is 0 Å². The van der Waals surface area contributed by atoms with Gasteiger partial charge in [0, 0.05) is 22.3 Å². The molecule has 10 heteroatoms. The molecule has 3 rings (SSSR count). The summed E-state index contributed by atoms with van der Waals surface area (Å²) in [5.41, 5.74) is 0.422. The topological polar surface area (TPSA) is 66.5 Å². The van der Waals surface area contributed by atoms with Gasteiger partial charge in [-0.3, -0.25) is 4.79 Å². The summed E-state index contributed by atoms with van der Waals surface area (Å²) in [5, 5.41) is 3.45. The maximum absolute atomic E-state index is 12.8. The number of halogens is 3. The molecule has 1 saturated heterocycles. The lowest BCUT2D eigenvalue weighted by molar-refractivity contribution is -0.119. The minimum absolute atomic E-state index is 0.128. The zero-order chi connectivity index (χ0) is 18.2. The molecule has 5 nitrogen and oxygen atoms in total. The molecule has 0 saturated carbocycles. The molecule has 0 spiro atoms. The van der Waals surface area contributed by atoms with E-state index < -0.39 is 22.0 Å². The first-order valence-corrected chi connectivity index (χ1v) is 10.7. The fourth-order valence-electron chi connectivity index (χ4n) is 2.69. The number of benzene rings is 1. The summed E-state index contributed by atoms with van der Waals surface area (Å²) in [6, 6.07) is 6.84. The Morgan fingerprint density at radius 1 is 1.16 bits per heavy atom. The van der Waals surface area contributed by atoms with Crippen LogP contribution in [0.15, 0.2) is 34.5 Å². The number of sulfonamides is 1. The van der Waals surface area contributed by atoms with Crippen molar-refractivity contribution in [3.63, 3.8) is 0 Å². The Balaban J connectivity index is 1.82. The van der Waals surface area contributed by atoms with Crippen molar-refractivity contribution in [2.45, 2.75) is 23.1 Å². The highest BCUT2D eigenvalue weighted by Crippen LogP contribution is 2.32. The van der Waals surface area contributed by atoms with Gasteiger partial charge in [-0.1, -0.05) is 34.8 Å². The van der Waals surface area contributed by atoms with Gasteiger partial charge in [-0.2, -0.15) is 4.31 Å². The summed E-state index contributed by atoms with van der Waals surface area (Å²) in [7, 11) is -3.77. The zero-order valence-corrected chi connectivity index (χ0v) is 16.6. The fraction of sp³-hybridized carbons (Fsp3) is 0.267. The standard InChI is InChI=1S/C15H13Cl3N2O3S2/c16-9-6-10(17)8-11(7-9)19-15(21)12-2-1-5-20(12)25(22,23)14-4-3-13(18)24-14/h3-4,6-8,12H,1-2,5H2,(H,19,21). The van der Waals surface area contributed by atoms with E-state index in [2.05, 4.69) is 5.32 Å². The fourth-order valence-corrected chi connectivity index (χ4v) is 6.49. The van der Waals surface area contributed by atoms with Crippen LogP contribution >= 0.6 is 46.1 Å². The van der Waals surface area contributed by atoms with Gasteiger partial charge in [-0.05, 0) is 43.2 Å². The third kappa shape index (κ3) is 4.13. The van der Waals surface area contributed by atoms with Crippen LogP contribution in [0.4, 0.5) is 5.69 Å². The molecule has 0 radical (unpaired) electrons. The van der Waals surface area contributed by atoms with Crippen LogP contribution in [0.3, 0.4) is 0 Å². The normalized spacial score (nSPS) is 18.4. The maximum atomic E-state index is 12.8. The van der Waals surface area contributed by atoms with Gasteiger partial charge in [0.1, 0.15) is 10.3 Å². The molecule has 0 bridgehead atoms. The van der Waals surface area contributed by atoms with E-state index in [1.54, 1.807) is 18.2 Å². The predicted octanol–water partition coefficient (Wildman–Crippen LogP) is 4.50. The van der Waals surface area contributed by atoms with Crippen LogP contribution in [-0.2, 0) is 14.8 Å². The number of hydrogen-bond acceptors (Lipinski definition) is 4. The number of amides is 1. The van der Waals surface area contributed by atoms with E-state index in [0.717, 1.165) is 11.3 Å². The van der Waals surface area contributed by atoms with Crippen LogP contribution in [0.2, 0.25) is 14.4 Å². The molecule has 1 aliphatic heterocycles. The molecule has 1 fully saturated rings. The molecule has 1 atom stereocenters. The summed E-state index contributed by atoms with van der Waals surface area (Å²) < 4.78 is 27.3. The Morgan fingerprint density at radius 2 is 1.84 bits per heavy atom. The lowest BCUT2D eigenvalue weighted by atomic mass is 10.2. The number of thiophene rings is 1. The van der Waals surface area contributed by atoms with Crippen molar-refractivity contribution in [1.29, 1.82) is 0 Å². The molecule has 1 aromatic carbocycles. The largest absolute Gasteiger partial charge is 0.325 e. The SMILES string of the molecule is O=C(Nc1cc(Cl)cc(Cl)c1)C1CCCN1S(=O)(=O)c1ccc(Cl)s1. The predicted molar refractivity (Wildman–Crippen MR) is 101 cm³/mol. The van der Waals surface area contributed by atoms with Gasteiger partial charge >= 0.3 is 0 Å². The first-order valence-electron chi connectivity index (χ1n) is 7.31. The third-order valence-corrected chi connectivity index (χ3v) is 7.79. The van der Waals surface area contributed by atoms with E-state index in [4.69, 9.17) is 34.8 Å². The summed E-state index contributed by atoms with van der Waals surface area (Å²) >= 11 is 18.7. The number of carbonyl (C=O) groups is 1. The van der Waals surface area contributed by atoms with Crippen LogP contribution in [0.1, 0.15) is 12.8 Å². The first-order chi connectivity index (χ1) is 11.8. The lowest BCUT2D eigenvalue weighted by Crippen LogP contribution is -2.42. The van der Waals surface area contributed by atoms with Gasteiger partial charge in [0.25, 0.3) is 10.0 Å². The molecule has 1 unspecified atom stereocenters.